The second-order valence-corrected chi connectivity index (χ2v) is 7.36. The van der Waals surface area contributed by atoms with E-state index in [2.05, 4.69) is 44.7 Å². The molecule has 0 unspecified atom stereocenters. The Hall–Kier alpha value is -1.89. The summed E-state index contributed by atoms with van der Waals surface area (Å²) in [4.78, 5) is 13.1. The number of carbonyl (C=O) groups excluding carboxylic acids is 1. The van der Waals surface area contributed by atoms with Crippen LogP contribution in [0.25, 0.3) is 5.57 Å². The fourth-order valence-corrected chi connectivity index (χ4v) is 3.43. The van der Waals surface area contributed by atoms with Gasteiger partial charge in [0.15, 0.2) is 5.78 Å². The number of aryl methyl sites for hydroxylation is 1. The van der Waals surface area contributed by atoms with Gasteiger partial charge in [0.25, 0.3) is 0 Å². The number of ketones is 1. The van der Waals surface area contributed by atoms with Crippen LogP contribution in [0.4, 0.5) is 0 Å². The lowest BCUT2D eigenvalue weighted by molar-refractivity contribution is -0.120. The van der Waals surface area contributed by atoms with Gasteiger partial charge >= 0.3 is 0 Å². The molecule has 1 aliphatic rings. The minimum atomic E-state index is -0.495. The minimum absolute atomic E-state index is 0.204. The molecule has 1 heteroatoms. The van der Waals surface area contributed by atoms with E-state index in [1.165, 1.54) is 24.0 Å². The molecular formula is C23H30O. The molecule has 0 N–H and O–H groups in total. The first-order chi connectivity index (χ1) is 11.3. The van der Waals surface area contributed by atoms with Crippen LogP contribution < -0.4 is 0 Å². The number of benzene rings is 1. The molecule has 0 atom stereocenters. The van der Waals surface area contributed by atoms with E-state index in [4.69, 9.17) is 0 Å². The zero-order chi connectivity index (χ0) is 17.9. The first-order valence-corrected chi connectivity index (χ1v) is 9.04. The zero-order valence-corrected chi connectivity index (χ0v) is 15.8. The molecule has 24 heavy (non-hydrogen) atoms. The molecule has 0 heterocycles. The largest absolute Gasteiger partial charge is 0.293 e. The lowest BCUT2D eigenvalue weighted by atomic mass is 9.82. The molecule has 0 bridgehead atoms. The van der Waals surface area contributed by atoms with Crippen molar-refractivity contribution in [3.63, 3.8) is 0 Å². The fourth-order valence-electron chi connectivity index (χ4n) is 3.43. The van der Waals surface area contributed by atoms with Crippen LogP contribution in [0.1, 0.15) is 64.5 Å². The number of carbonyl (C=O) groups is 1. The van der Waals surface area contributed by atoms with Crippen molar-refractivity contribution in [3.05, 3.63) is 64.8 Å². The zero-order valence-electron chi connectivity index (χ0n) is 15.8. The SMILES string of the molecule is C=C1C(C)=C(/C(=C/CCCCC)c2ccccc2C)C(=O)C1(C)C. The summed E-state index contributed by atoms with van der Waals surface area (Å²) in [5.41, 5.74) is 5.86. The maximum atomic E-state index is 13.1. The molecule has 1 aromatic rings. The Kier molecular flexibility index (Phi) is 5.64. The summed E-state index contributed by atoms with van der Waals surface area (Å²) in [7, 11) is 0. The second kappa shape index (κ2) is 7.34. The molecule has 1 aromatic carbocycles. The van der Waals surface area contributed by atoms with Gasteiger partial charge in [0.2, 0.25) is 0 Å². The predicted molar refractivity (Wildman–Crippen MR) is 104 cm³/mol. The average Bonchev–Trinajstić information content (AvgIpc) is 2.70. The highest BCUT2D eigenvalue weighted by atomic mass is 16.1. The second-order valence-electron chi connectivity index (χ2n) is 7.36. The molecule has 0 spiro atoms. The van der Waals surface area contributed by atoms with E-state index < -0.39 is 5.41 Å². The minimum Gasteiger partial charge on any atom is -0.293 e. The van der Waals surface area contributed by atoms with Crippen LogP contribution in [0.15, 0.2) is 53.6 Å². The summed E-state index contributed by atoms with van der Waals surface area (Å²) in [6.45, 7) is 14.5. The average molecular weight is 322 g/mol. The number of hydrogen-bond donors (Lipinski definition) is 0. The molecule has 0 fully saturated rings. The molecule has 2 rings (SSSR count). The molecule has 1 aliphatic carbocycles. The van der Waals surface area contributed by atoms with Crippen LogP contribution in [0, 0.1) is 12.3 Å². The molecule has 1 nitrogen and oxygen atoms in total. The fraction of sp³-hybridized carbons (Fsp3) is 0.435. The number of allylic oxidation sites excluding steroid dienone is 5. The van der Waals surface area contributed by atoms with Gasteiger partial charge in [-0.25, -0.2) is 0 Å². The van der Waals surface area contributed by atoms with E-state index in [1.807, 2.05) is 26.8 Å². The maximum Gasteiger partial charge on any atom is 0.173 e. The molecule has 0 saturated carbocycles. The lowest BCUT2D eigenvalue weighted by Gasteiger charge is -2.19. The molecule has 128 valence electrons. The van der Waals surface area contributed by atoms with E-state index in [-0.39, 0.29) is 5.78 Å². The number of Topliss-reactive ketones (excluding diaryl/α,β-unsaturated/α-hetero) is 1. The normalized spacial score (nSPS) is 17.8. The predicted octanol–water partition coefficient (Wildman–Crippen LogP) is 6.44. The van der Waals surface area contributed by atoms with Crippen LogP contribution in [0.3, 0.4) is 0 Å². The standard InChI is InChI=1S/C23H30O/c1-7-8-9-10-15-20(19-14-12-11-13-16(19)2)21-17(3)18(4)23(5,6)22(21)24/h11-15H,4,7-10H2,1-3,5-6H3/b20-15+. The van der Waals surface area contributed by atoms with E-state index in [1.54, 1.807) is 0 Å². The Morgan fingerprint density at radius 1 is 1.17 bits per heavy atom. The van der Waals surface area contributed by atoms with Crippen LogP contribution >= 0.6 is 0 Å². The first kappa shape index (κ1) is 18.4. The maximum absolute atomic E-state index is 13.1. The van der Waals surface area contributed by atoms with Crippen molar-refractivity contribution in [1.82, 2.24) is 0 Å². The quantitative estimate of drug-likeness (QED) is 0.551. The van der Waals surface area contributed by atoms with Gasteiger partial charge in [0.05, 0.1) is 5.41 Å². The van der Waals surface area contributed by atoms with Gasteiger partial charge in [-0.1, -0.05) is 56.7 Å². The number of rotatable bonds is 6. The van der Waals surface area contributed by atoms with E-state index in [0.717, 1.165) is 35.1 Å². The van der Waals surface area contributed by atoms with Crippen molar-refractivity contribution in [1.29, 1.82) is 0 Å². The van der Waals surface area contributed by atoms with Crippen molar-refractivity contribution in [2.24, 2.45) is 5.41 Å². The number of hydrogen-bond acceptors (Lipinski definition) is 1. The van der Waals surface area contributed by atoms with Crippen LogP contribution in [-0.4, -0.2) is 5.78 Å². The summed E-state index contributed by atoms with van der Waals surface area (Å²) in [5.74, 6) is 0.204. The smallest absolute Gasteiger partial charge is 0.173 e. The van der Waals surface area contributed by atoms with Crippen LogP contribution in [0.2, 0.25) is 0 Å². The highest BCUT2D eigenvalue weighted by Crippen LogP contribution is 2.47. The van der Waals surface area contributed by atoms with Crippen LogP contribution in [0.5, 0.6) is 0 Å². The molecular weight excluding hydrogens is 292 g/mol. The van der Waals surface area contributed by atoms with Gasteiger partial charge in [-0.3, -0.25) is 4.79 Å². The van der Waals surface area contributed by atoms with Gasteiger partial charge < -0.3 is 0 Å². The Balaban J connectivity index is 2.54. The molecule has 0 amide bonds. The van der Waals surface area contributed by atoms with Crippen molar-refractivity contribution in [2.75, 3.05) is 0 Å². The van der Waals surface area contributed by atoms with E-state index in [9.17, 15) is 4.79 Å². The summed E-state index contributed by atoms with van der Waals surface area (Å²) < 4.78 is 0. The third-order valence-electron chi connectivity index (χ3n) is 5.24. The summed E-state index contributed by atoms with van der Waals surface area (Å²) >= 11 is 0. The van der Waals surface area contributed by atoms with Crippen molar-refractivity contribution >= 4 is 11.4 Å². The van der Waals surface area contributed by atoms with Crippen LogP contribution in [-0.2, 0) is 4.79 Å². The monoisotopic (exact) mass is 322 g/mol. The molecule has 0 radical (unpaired) electrons. The van der Waals surface area contributed by atoms with Gasteiger partial charge in [-0.05, 0) is 68.4 Å². The van der Waals surface area contributed by atoms with Gasteiger partial charge in [-0.15, -0.1) is 0 Å². The van der Waals surface area contributed by atoms with Crippen molar-refractivity contribution < 1.29 is 4.79 Å². The topological polar surface area (TPSA) is 17.1 Å². The molecule has 0 aliphatic heterocycles. The molecule has 0 saturated heterocycles. The summed E-state index contributed by atoms with van der Waals surface area (Å²) in [6, 6.07) is 8.35. The summed E-state index contributed by atoms with van der Waals surface area (Å²) in [5, 5.41) is 0. The van der Waals surface area contributed by atoms with E-state index >= 15 is 0 Å². The Labute approximate surface area is 147 Å². The number of unbranched alkanes of at least 4 members (excludes halogenated alkanes) is 3. The third-order valence-corrected chi connectivity index (χ3v) is 5.24. The Morgan fingerprint density at radius 3 is 2.38 bits per heavy atom. The van der Waals surface area contributed by atoms with Crippen molar-refractivity contribution in [3.8, 4) is 0 Å². The van der Waals surface area contributed by atoms with Gasteiger partial charge in [-0.2, -0.15) is 0 Å². The molecule has 0 aromatic heterocycles. The Morgan fingerprint density at radius 2 is 1.83 bits per heavy atom. The first-order valence-electron chi connectivity index (χ1n) is 9.04. The third kappa shape index (κ3) is 3.31. The lowest BCUT2D eigenvalue weighted by Crippen LogP contribution is -2.21. The van der Waals surface area contributed by atoms with Gasteiger partial charge in [0, 0.05) is 5.57 Å². The van der Waals surface area contributed by atoms with Crippen molar-refractivity contribution in [2.45, 2.75) is 60.3 Å². The van der Waals surface area contributed by atoms with E-state index in [0.29, 0.717) is 0 Å². The Bertz CT molecular complexity index is 713. The highest BCUT2D eigenvalue weighted by Gasteiger charge is 2.42. The van der Waals surface area contributed by atoms with Gasteiger partial charge in [0.1, 0.15) is 0 Å². The highest BCUT2D eigenvalue weighted by molar-refractivity contribution is 6.18. The summed E-state index contributed by atoms with van der Waals surface area (Å²) in [6.07, 6.45) is 6.87.